The van der Waals surface area contributed by atoms with Crippen LogP contribution in [-0.4, -0.2) is 38.8 Å². The Balaban J connectivity index is 1.33. The fraction of sp³-hybridized carbons (Fsp3) is 0.379. The summed E-state index contributed by atoms with van der Waals surface area (Å²) in [6.07, 6.45) is 11.0. The van der Waals surface area contributed by atoms with Gasteiger partial charge in [-0.15, -0.1) is 0 Å². The van der Waals surface area contributed by atoms with Crippen molar-refractivity contribution in [1.29, 1.82) is 0 Å². The molecule has 0 saturated carbocycles. The van der Waals surface area contributed by atoms with Crippen LogP contribution < -0.4 is 5.32 Å². The molecule has 0 spiro atoms. The largest absolute Gasteiger partial charge is 0.363 e. The van der Waals surface area contributed by atoms with Crippen LogP contribution in [-0.2, 0) is 6.54 Å². The number of amides is 1. The maximum Gasteiger partial charge on any atom is 0.314 e. The minimum absolute atomic E-state index is 0.155. The van der Waals surface area contributed by atoms with Crippen LogP contribution >= 0.6 is 0 Å². The Kier molecular flexibility index (Phi) is 7.24. The van der Waals surface area contributed by atoms with Crippen LogP contribution in [0.25, 0.3) is 10.4 Å². The van der Waals surface area contributed by atoms with Gasteiger partial charge in [0.15, 0.2) is 0 Å². The van der Waals surface area contributed by atoms with Crippen LogP contribution in [0.4, 0.5) is 11.5 Å². The lowest BCUT2D eigenvalue weighted by Crippen LogP contribution is -2.32. The second-order valence-corrected chi connectivity index (χ2v) is 9.97. The highest BCUT2D eigenvalue weighted by molar-refractivity contribution is 6.03. The normalized spacial score (nSPS) is 18.9. The van der Waals surface area contributed by atoms with Crippen LogP contribution in [0, 0.1) is 12.5 Å². The van der Waals surface area contributed by atoms with E-state index in [4.69, 9.17) is 6.57 Å². The number of carbonyl (C=O) groups excluding carboxylic acids is 1. The van der Waals surface area contributed by atoms with Gasteiger partial charge < -0.3 is 10.2 Å². The molecule has 7 heteroatoms. The molecule has 2 aromatic heterocycles. The average Bonchev–Trinajstić information content (AvgIpc) is 3.40. The van der Waals surface area contributed by atoms with Crippen molar-refractivity contribution in [2.24, 2.45) is 5.92 Å². The molecule has 1 unspecified atom stereocenters. The maximum absolute atomic E-state index is 12.9. The molecule has 2 aliphatic rings. The molecule has 0 radical (unpaired) electrons. The first-order valence-corrected chi connectivity index (χ1v) is 12.8. The van der Waals surface area contributed by atoms with E-state index in [-0.39, 0.29) is 17.5 Å². The fourth-order valence-corrected chi connectivity index (χ4v) is 5.21. The second-order valence-electron chi connectivity index (χ2n) is 9.97. The molecule has 1 aliphatic carbocycles. The first kappa shape index (κ1) is 24.0. The molecule has 5 rings (SSSR count). The Hall–Kier alpha value is -3.76. The number of allylic oxidation sites excluding steroid dienone is 2. The Morgan fingerprint density at radius 2 is 2.06 bits per heavy atom. The van der Waals surface area contributed by atoms with Gasteiger partial charge in [0.05, 0.1) is 11.9 Å². The van der Waals surface area contributed by atoms with Crippen molar-refractivity contribution in [1.82, 2.24) is 19.9 Å². The zero-order chi connectivity index (χ0) is 24.9. The van der Waals surface area contributed by atoms with Gasteiger partial charge in [0.2, 0.25) is 5.82 Å². The summed E-state index contributed by atoms with van der Waals surface area (Å²) in [6, 6.07) is 12.6. The second kappa shape index (κ2) is 10.9. The molecule has 1 saturated heterocycles. The summed E-state index contributed by atoms with van der Waals surface area (Å²) in [5.41, 5.74) is 5.68. The molecule has 36 heavy (non-hydrogen) atoms. The van der Waals surface area contributed by atoms with Gasteiger partial charge in [-0.3, -0.25) is 19.7 Å². The molecule has 1 aromatic carbocycles. The number of anilines is 1. The number of piperidine rings is 1. The summed E-state index contributed by atoms with van der Waals surface area (Å²) < 4.78 is 0. The van der Waals surface area contributed by atoms with Gasteiger partial charge in [-0.2, -0.15) is 0 Å². The molecule has 0 bridgehead atoms. The number of rotatable bonds is 6. The molecule has 1 atom stereocenters. The number of nitrogens with one attached hydrogen (secondary N) is 2. The SMILES string of the molecule is [C-]#[N+]c1cnc(C(=O)Nc2ccc(C3CCN(Cc4ccccn4)CC3)cc2C2=CCC(C)CC2)[nH]1. The number of nitrogens with zero attached hydrogens (tertiary/aromatic N) is 4. The monoisotopic (exact) mass is 480 g/mol. The van der Waals surface area contributed by atoms with Gasteiger partial charge in [-0.05, 0) is 92.4 Å². The van der Waals surface area contributed by atoms with E-state index >= 15 is 0 Å². The molecular formula is C29H32N6O. The van der Waals surface area contributed by atoms with Gasteiger partial charge in [-0.25, -0.2) is 4.98 Å². The minimum Gasteiger partial charge on any atom is -0.363 e. The van der Waals surface area contributed by atoms with Crippen molar-refractivity contribution >= 4 is 23.0 Å². The van der Waals surface area contributed by atoms with Crippen LogP contribution in [0.5, 0.6) is 0 Å². The van der Waals surface area contributed by atoms with Crippen molar-refractivity contribution < 1.29 is 4.79 Å². The fourth-order valence-electron chi connectivity index (χ4n) is 5.21. The quantitative estimate of drug-likeness (QED) is 0.412. The smallest absolute Gasteiger partial charge is 0.314 e. The van der Waals surface area contributed by atoms with Crippen LogP contribution in [0.3, 0.4) is 0 Å². The highest BCUT2D eigenvalue weighted by Crippen LogP contribution is 2.37. The highest BCUT2D eigenvalue weighted by Gasteiger charge is 2.24. The third-order valence-electron chi connectivity index (χ3n) is 7.38. The summed E-state index contributed by atoms with van der Waals surface area (Å²) in [5.74, 6) is 1.28. The molecule has 1 fully saturated rings. The lowest BCUT2D eigenvalue weighted by atomic mass is 9.83. The molecule has 3 aromatic rings. The Morgan fingerprint density at radius 1 is 1.19 bits per heavy atom. The van der Waals surface area contributed by atoms with E-state index in [0.29, 0.717) is 11.8 Å². The Bertz CT molecular complexity index is 1280. The number of pyridine rings is 1. The van der Waals surface area contributed by atoms with E-state index in [2.05, 4.69) is 61.2 Å². The average molecular weight is 481 g/mol. The molecule has 1 amide bonds. The molecule has 184 valence electrons. The number of aromatic amines is 1. The number of carbonyl (C=O) groups is 1. The van der Waals surface area contributed by atoms with E-state index in [1.807, 2.05) is 24.4 Å². The van der Waals surface area contributed by atoms with E-state index in [1.165, 1.54) is 17.3 Å². The zero-order valence-electron chi connectivity index (χ0n) is 20.7. The number of benzene rings is 1. The van der Waals surface area contributed by atoms with E-state index in [1.54, 1.807) is 0 Å². The number of hydrogen-bond donors (Lipinski definition) is 2. The van der Waals surface area contributed by atoms with Gasteiger partial charge >= 0.3 is 5.91 Å². The topological polar surface area (TPSA) is 78.3 Å². The van der Waals surface area contributed by atoms with Crippen LogP contribution in [0.1, 0.15) is 72.4 Å². The number of imidazole rings is 1. The molecule has 7 nitrogen and oxygen atoms in total. The Morgan fingerprint density at radius 3 is 2.75 bits per heavy atom. The van der Waals surface area contributed by atoms with Crippen molar-refractivity contribution in [3.8, 4) is 0 Å². The van der Waals surface area contributed by atoms with Crippen molar-refractivity contribution in [3.05, 3.63) is 88.9 Å². The van der Waals surface area contributed by atoms with Crippen molar-refractivity contribution in [2.45, 2.75) is 51.5 Å². The first-order chi connectivity index (χ1) is 17.6. The number of aromatic nitrogens is 3. The number of hydrogen-bond acceptors (Lipinski definition) is 4. The predicted molar refractivity (Wildman–Crippen MR) is 142 cm³/mol. The summed E-state index contributed by atoms with van der Waals surface area (Å²) in [4.78, 5) is 30.0. The molecule has 2 N–H and O–H groups in total. The standard InChI is InChI=1S/C29H32N6O/c1-20-6-8-22(9-7-20)25-17-23(10-11-26(25)33-29(36)28-32-18-27(30-2)34-28)21-12-15-35(16-13-21)19-24-5-3-4-14-31-24/h3-5,8,10-11,14,17-18,20-21H,6-7,9,12-13,15-16,19H2,1H3,(H,32,34)(H,33,36). The minimum atomic E-state index is -0.327. The molecule has 3 heterocycles. The summed E-state index contributed by atoms with van der Waals surface area (Å²) in [6.45, 7) is 12.4. The van der Waals surface area contributed by atoms with Gasteiger partial charge in [-0.1, -0.05) is 31.7 Å². The lowest BCUT2D eigenvalue weighted by Gasteiger charge is -2.32. The number of H-pyrrole nitrogens is 1. The van der Waals surface area contributed by atoms with E-state index in [9.17, 15) is 4.79 Å². The zero-order valence-corrected chi connectivity index (χ0v) is 20.7. The molecular weight excluding hydrogens is 448 g/mol. The lowest BCUT2D eigenvalue weighted by molar-refractivity contribution is 0.101. The van der Waals surface area contributed by atoms with E-state index < -0.39 is 0 Å². The summed E-state index contributed by atoms with van der Waals surface area (Å²) >= 11 is 0. The highest BCUT2D eigenvalue weighted by atomic mass is 16.2. The first-order valence-electron chi connectivity index (χ1n) is 12.8. The third kappa shape index (κ3) is 5.55. The Labute approximate surface area is 212 Å². The van der Waals surface area contributed by atoms with Gasteiger partial charge in [0, 0.05) is 24.0 Å². The van der Waals surface area contributed by atoms with Gasteiger partial charge in [0.25, 0.3) is 5.82 Å². The summed E-state index contributed by atoms with van der Waals surface area (Å²) in [7, 11) is 0. The van der Waals surface area contributed by atoms with Crippen molar-refractivity contribution in [3.63, 3.8) is 0 Å². The predicted octanol–water partition coefficient (Wildman–Crippen LogP) is 6.19. The summed E-state index contributed by atoms with van der Waals surface area (Å²) in [5, 5.41) is 3.05. The van der Waals surface area contributed by atoms with Crippen LogP contribution in [0.15, 0.2) is 54.9 Å². The van der Waals surface area contributed by atoms with E-state index in [0.717, 1.165) is 68.7 Å². The molecule has 1 aliphatic heterocycles. The van der Waals surface area contributed by atoms with Crippen LogP contribution in [0.2, 0.25) is 0 Å². The number of likely N-dealkylation sites (tertiary alicyclic amines) is 1. The maximum atomic E-state index is 12.9. The van der Waals surface area contributed by atoms with Gasteiger partial charge in [0.1, 0.15) is 0 Å². The third-order valence-corrected chi connectivity index (χ3v) is 7.38. The van der Waals surface area contributed by atoms with Crippen molar-refractivity contribution in [2.75, 3.05) is 18.4 Å².